The molecule has 6 nitrogen and oxygen atoms in total. The Morgan fingerprint density at radius 2 is 2.36 bits per heavy atom. The van der Waals surface area contributed by atoms with E-state index in [-0.39, 0.29) is 12.0 Å². The summed E-state index contributed by atoms with van der Waals surface area (Å²) in [5.74, 6) is -0.0390. The van der Waals surface area contributed by atoms with E-state index in [1.54, 1.807) is 6.20 Å². The number of aromatic nitrogens is 3. The third kappa shape index (κ3) is 2.59. The molecule has 0 N–H and O–H groups in total. The molecule has 1 saturated heterocycles. The summed E-state index contributed by atoms with van der Waals surface area (Å²) in [6.45, 7) is 3.51. The monoisotopic (exact) mass is 321 g/mol. The number of esters is 1. The van der Waals surface area contributed by atoms with Crippen molar-refractivity contribution in [2.24, 2.45) is 5.92 Å². The van der Waals surface area contributed by atoms with Crippen molar-refractivity contribution in [1.82, 2.24) is 14.5 Å². The highest BCUT2D eigenvalue weighted by Gasteiger charge is 2.29. The summed E-state index contributed by atoms with van der Waals surface area (Å²) in [7, 11) is 1.40. The summed E-state index contributed by atoms with van der Waals surface area (Å²) in [4.78, 5) is 21.1. The van der Waals surface area contributed by atoms with E-state index in [1.807, 2.05) is 16.9 Å². The van der Waals surface area contributed by atoms with E-state index in [4.69, 9.17) is 9.47 Å². The Bertz CT molecular complexity index is 701. The number of nitrogens with zero attached hydrogens (tertiary/aromatic N) is 3. The number of ether oxygens (including phenoxy) is 2. The van der Waals surface area contributed by atoms with Crippen LogP contribution in [0.4, 0.5) is 0 Å². The van der Waals surface area contributed by atoms with Crippen molar-refractivity contribution in [3.63, 3.8) is 0 Å². The first-order chi connectivity index (χ1) is 10.7. The Kier molecular flexibility index (Phi) is 4.35. The van der Waals surface area contributed by atoms with Crippen molar-refractivity contribution < 1.29 is 14.3 Å². The average molecular weight is 321 g/mol. The molecule has 3 heterocycles. The van der Waals surface area contributed by atoms with E-state index in [1.165, 1.54) is 18.9 Å². The fourth-order valence-corrected chi connectivity index (χ4v) is 3.28. The first-order valence-corrected chi connectivity index (χ1v) is 8.46. The minimum atomic E-state index is -0.345. The smallest absolute Gasteiger partial charge is 0.354 e. The Labute approximate surface area is 133 Å². The molecule has 1 aliphatic heterocycles. The van der Waals surface area contributed by atoms with Gasteiger partial charge in [0, 0.05) is 30.1 Å². The second-order valence-corrected chi connectivity index (χ2v) is 6.21. The zero-order valence-corrected chi connectivity index (χ0v) is 13.7. The summed E-state index contributed by atoms with van der Waals surface area (Å²) in [5.41, 5.74) is 1.32. The molecule has 0 saturated carbocycles. The van der Waals surface area contributed by atoms with Crippen LogP contribution >= 0.6 is 11.8 Å². The number of rotatable bonds is 3. The van der Waals surface area contributed by atoms with Gasteiger partial charge in [-0.25, -0.2) is 14.8 Å². The van der Waals surface area contributed by atoms with Gasteiger partial charge in [0.2, 0.25) is 0 Å². The molecule has 2 atom stereocenters. The van der Waals surface area contributed by atoms with Gasteiger partial charge in [-0.2, -0.15) is 0 Å². The van der Waals surface area contributed by atoms with Gasteiger partial charge in [-0.1, -0.05) is 18.7 Å². The summed E-state index contributed by atoms with van der Waals surface area (Å²) in [6.07, 6.45) is 4.56. The lowest BCUT2D eigenvalue weighted by molar-refractivity contribution is 0.0273. The van der Waals surface area contributed by atoms with Crippen LogP contribution in [-0.4, -0.2) is 47.1 Å². The second-order valence-electron chi connectivity index (χ2n) is 5.44. The number of carbonyl (C=O) groups is 1. The number of methoxy groups -OCH3 is 1. The van der Waals surface area contributed by atoms with Gasteiger partial charge < -0.3 is 14.0 Å². The number of fused-ring (bicyclic) bond motifs is 1. The first kappa shape index (κ1) is 15.3. The van der Waals surface area contributed by atoms with Crippen LogP contribution < -0.4 is 0 Å². The second kappa shape index (κ2) is 6.26. The molecule has 7 heteroatoms. The lowest BCUT2D eigenvalue weighted by Gasteiger charge is -2.31. The van der Waals surface area contributed by atoms with E-state index in [9.17, 15) is 4.79 Å². The van der Waals surface area contributed by atoms with Crippen molar-refractivity contribution >= 4 is 28.8 Å². The molecule has 0 amide bonds. The van der Waals surface area contributed by atoms with E-state index in [2.05, 4.69) is 16.9 Å². The fourth-order valence-electron chi connectivity index (χ4n) is 2.94. The van der Waals surface area contributed by atoms with Gasteiger partial charge in [0.1, 0.15) is 11.3 Å². The molecule has 2 aromatic heterocycles. The lowest BCUT2D eigenvalue weighted by Crippen LogP contribution is -2.30. The van der Waals surface area contributed by atoms with Crippen LogP contribution in [0.2, 0.25) is 0 Å². The average Bonchev–Trinajstić information content (AvgIpc) is 2.92. The van der Waals surface area contributed by atoms with Gasteiger partial charge >= 0.3 is 5.97 Å². The third-order valence-corrected chi connectivity index (χ3v) is 4.62. The maximum atomic E-state index is 12.2. The van der Waals surface area contributed by atoms with Crippen molar-refractivity contribution in [3.05, 3.63) is 18.0 Å². The Morgan fingerprint density at radius 3 is 3.05 bits per heavy atom. The number of carbonyl (C=O) groups excluding carboxylic acids is 1. The quantitative estimate of drug-likeness (QED) is 0.492. The number of hydrogen-bond acceptors (Lipinski definition) is 6. The minimum absolute atomic E-state index is 0.171. The Morgan fingerprint density at radius 1 is 1.55 bits per heavy atom. The van der Waals surface area contributed by atoms with E-state index in [0.717, 1.165) is 17.5 Å². The van der Waals surface area contributed by atoms with Crippen LogP contribution in [0.3, 0.4) is 0 Å². The van der Waals surface area contributed by atoms with Gasteiger partial charge in [-0.05, 0) is 18.7 Å². The standard InChI is InChI=1S/C15H19N3O3S/c1-9-8-21-5-4-11(9)18-12(14(19)20-2)6-10-7-16-15(22-3)17-13(10)18/h6-7,9,11H,4-5,8H2,1-3H3/t9-,11+/m1/s1. The van der Waals surface area contributed by atoms with Crippen LogP contribution in [0.15, 0.2) is 17.4 Å². The molecule has 22 heavy (non-hydrogen) atoms. The highest BCUT2D eigenvalue weighted by atomic mass is 32.2. The van der Waals surface area contributed by atoms with Crippen molar-refractivity contribution in [2.45, 2.75) is 24.5 Å². The highest BCUT2D eigenvalue weighted by Crippen LogP contribution is 2.33. The summed E-state index contributed by atoms with van der Waals surface area (Å²) in [5, 5.41) is 1.56. The predicted octanol–water partition coefficient (Wildman–Crippen LogP) is 2.54. The van der Waals surface area contributed by atoms with Gasteiger partial charge in [-0.15, -0.1) is 0 Å². The van der Waals surface area contributed by atoms with Crippen LogP contribution in [0, 0.1) is 5.92 Å². The molecule has 0 bridgehead atoms. The van der Waals surface area contributed by atoms with Crippen LogP contribution in [0.1, 0.15) is 29.9 Å². The summed E-state index contributed by atoms with van der Waals surface area (Å²) >= 11 is 1.49. The van der Waals surface area contributed by atoms with Gasteiger partial charge in [0.25, 0.3) is 0 Å². The van der Waals surface area contributed by atoms with Crippen molar-refractivity contribution in [1.29, 1.82) is 0 Å². The van der Waals surface area contributed by atoms with Gasteiger partial charge in [0.15, 0.2) is 5.16 Å². The largest absolute Gasteiger partial charge is 0.464 e. The third-order valence-electron chi connectivity index (χ3n) is 4.06. The molecule has 0 radical (unpaired) electrons. The van der Waals surface area contributed by atoms with Crippen molar-refractivity contribution in [3.8, 4) is 0 Å². The molecule has 0 aromatic carbocycles. The summed E-state index contributed by atoms with van der Waals surface area (Å²) < 4.78 is 12.5. The van der Waals surface area contributed by atoms with Crippen LogP contribution in [0.5, 0.6) is 0 Å². The predicted molar refractivity (Wildman–Crippen MR) is 84.3 cm³/mol. The Balaban J connectivity index is 2.20. The maximum absolute atomic E-state index is 12.2. The van der Waals surface area contributed by atoms with Crippen LogP contribution in [0.25, 0.3) is 11.0 Å². The Hall–Kier alpha value is -1.60. The SMILES string of the molecule is COC(=O)c1cc2cnc(SC)nc2n1[C@H]1CCOC[C@H]1C. The molecule has 0 unspecified atom stereocenters. The molecule has 118 valence electrons. The topological polar surface area (TPSA) is 66.2 Å². The first-order valence-electron chi connectivity index (χ1n) is 7.23. The molecule has 1 fully saturated rings. The van der Waals surface area contributed by atoms with Crippen molar-refractivity contribution in [2.75, 3.05) is 26.6 Å². The van der Waals surface area contributed by atoms with Crippen LogP contribution in [-0.2, 0) is 9.47 Å². The maximum Gasteiger partial charge on any atom is 0.354 e. The zero-order valence-electron chi connectivity index (χ0n) is 12.9. The molecule has 0 spiro atoms. The molecular weight excluding hydrogens is 302 g/mol. The molecule has 0 aliphatic carbocycles. The summed E-state index contributed by atoms with van der Waals surface area (Å²) in [6, 6.07) is 1.98. The number of thioether (sulfide) groups is 1. The normalized spacial score (nSPS) is 22.0. The molecule has 2 aromatic rings. The zero-order chi connectivity index (χ0) is 15.7. The highest BCUT2D eigenvalue weighted by molar-refractivity contribution is 7.98. The van der Waals surface area contributed by atoms with Gasteiger partial charge in [0.05, 0.1) is 13.7 Å². The van der Waals surface area contributed by atoms with Gasteiger partial charge in [-0.3, -0.25) is 0 Å². The van der Waals surface area contributed by atoms with E-state index >= 15 is 0 Å². The minimum Gasteiger partial charge on any atom is -0.464 e. The number of hydrogen-bond donors (Lipinski definition) is 0. The van der Waals surface area contributed by atoms with E-state index in [0.29, 0.717) is 30.0 Å². The van der Waals surface area contributed by atoms with E-state index < -0.39 is 0 Å². The molecule has 1 aliphatic rings. The lowest BCUT2D eigenvalue weighted by atomic mass is 9.97. The fraction of sp³-hybridized carbons (Fsp3) is 0.533. The molecular formula is C15H19N3O3S. The molecule has 3 rings (SSSR count).